The molecule has 0 bridgehead atoms. The van der Waals surface area contributed by atoms with E-state index >= 15 is 0 Å². The molecule has 0 aliphatic heterocycles. The number of aryl methyl sites for hydroxylation is 1. The van der Waals surface area contributed by atoms with Gasteiger partial charge in [-0.15, -0.1) is 0 Å². The average Bonchev–Trinajstić information content (AvgIpc) is 2.59. The minimum absolute atomic E-state index is 0.124. The van der Waals surface area contributed by atoms with Gasteiger partial charge in [0.05, 0.1) is 28.1 Å². The van der Waals surface area contributed by atoms with Crippen molar-refractivity contribution >= 4 is 33.0 Å². The van der Waals surface area contributed by atoms with Gasteiger partial charge in [-0.1, -0.05) is 18.2 Å². The standard InChI is InChI=1S/C17H16F3N3O5S/c1-11-7-8-12(23(25)26)9-15(11)22(29(2,27)28)10-16(24)21-14-6-4-3-5-13(14)17(18,19)20/h3-9H,10H2,1-2H3,(H,21,24). The van der Waals surface area contributed by atoms with E-state index in [-0.39, 0.29) is 5.69 Å². The molecule has 2 aromatic rings. The summed E-state index contributed by atoms with van der Waals surface area (Å²) in [5, 5.41) is 13.0. The van der Waals surface area contributed by atoms with Gasteiger partial charge in [-0.25, -0.2) is 8.42 Å². The summed E-state index contributed by atoms with van der Waals surface area (Å²) in [7, 11) is -4.08. The second-order valence-electron chi connectivity index (χ2n) is 6.09. The van der Waals surface area contributed by atoms with Crippen molar-refractivity contribution in [1.82, 2.24) is 0 Å². The van der Waals surface area contributed by atoms with Crippen LogP contribution in [0.1, 0.15) is 11.1 Å². The minimum Gasteiger partial charge on any atom is -0.324 e. The van der Waals surface area contributed by atoms with E-state index in [0.717, 1.165) is 30.5 Å². The first-order valence-corrected chi connectivity index (χ1v) is 9.84. The van der Waals surface area contributed by atoms with Crippen molar-refractivity contribution in [3.63, 3.8) is 0 Å². The Morgan fingerprint density at radius 2 is 1.83 bits per heavy atom. The van der Waals surface area contributed by atoms with Crippen molar-refractivity contribution in [3.8, 4) is 0 Å². The van der Waals surface area contributed by atoms with Crippen molar-refractivity contribution in [2.75, 3.05) is 22.4 Å². The van der Waals surface area contributed by atoms with Crippen molar-refractivity contribution in [2.24, 2.45) is 0 Å². The first-order valence-electron chi connectivity index (χ1n) is 7.99. The number of non-ortho nitro benzene ring substituents is 1. The zero-order valence-corrected chi connectivity index (χ0v) is 16.0. The highest BCUT2D eigenvalue weighted by Crippen LogP contribution is 2.34. The predicted octanol–water partition coefficient (Wildman–Crippen LogP) is 3.33. The molecule has 0 aromatic heterocycles. The molecule has 8 nitrogen and oxygen atoms in total. The second-order valence-corrected chi connectivity index (χ2v) is 8.00. The molecule has 0 atom stereocenters. The Balaban J connectivity index is 2.38. The number of hydrogen-bond donors (Lipinski definition) is 1. The van der Waals surface area contributed by atoms with Gasteiger partial charge in [0.2, 0.25) is 15.9 Å². The first kappa shape index (κ1) is 22.1. The van der Waals surface area contributed by atoms with E-state index in [2.05, 4.69) is 0 Å². The lowest BCUT2D eigenvalue weighted by Gasteiger charge is -2.24. The Morgan fingerprint density at radius 3 is 2.38 bits per heavy atom. The Hall–Kier alpha value is -3.15. The maximum absolute atomic E-state index is 13.1. The van der Waals surface area contributed by atoms with Gasteiger partial charge >= 0.3 is 6.18 Å². The van der Waals surface area contributed by atoms with E-state index < -0.39 is 50.5 Å². The third-order valence-corrected chi connectivity index (χ3v) is 4.99. The molecule has 0 unspecified atom stereocenters. The summed E-state index contributed by atoms with van der Waals surface area (Å²) in [5.41, 5.74) is -1.83. The number of hydrogen-bond acceptors (Lipinski definition) is 5. The lowest BCUT2D eigenvalue weighted by molar-refractivity contribution is -0.384. The van der Waals surface area contributed by atoms with Crippen molar-refractivity contribution in [1.29, 1.82) is 0 Å². The molecule has 0 aliphatic carbocycles. The molecule has 12 heteroatoms. The van der Waals surface area contributed by atoms with Gasteiger partial charge in [-0.2, -0.15) is 13.2 Å². The summed E-state index contributed by atoms with van der Waals surface area (Å²) in [4.78, 5) is 22.6. The lowest BCUT2D eigenvalue weighted by Crippen LogP contribution is -2.38. The maximum atomic E-state index is 13.1. The summed E-state index contributed by atoms with van der Waals surface area (Å²) in [6, 6.07) is 7.69. The molecule has 2 aromatic carbocycles. The molecule has 29 heavy (non-hydrogen) atoms. The number of nitro groups is 1. The van der Waals surface area contributed by atoms with Crippen molar-refractivity contribution in [3.05, 3.63) is 63.7 Å². The number of carbonyl (C=O) groups excluding carboxylic acids is 1. The molecule has 156 valence electrons. The monoisotopic (exact) mass is 431 g/mol. The topological polar surface area (TPSA) is 110 Å². The zero-order valence-electron chi connectivity index (χ0n) is 15.2. The summed E-state index contributed by atoms with van der Waals surface area (Å²) < 4.78 is 64.2. The molecular weight excluding hydrogens is 415 g/mol. The molecule has 0 heterocycles. The molecule has 0 spiro atoms. The number of amides is 1. The fourth-order valence-corrected chi connectivity index (χ4v) is 3.43. The fraction of sp³-hybridized carbons (Fsp3) is 0.235. The van der Waals surface area contributed by atoms with E-state index in [9.17, 15) is 36.5 Å². The Labute approximate surface area is 164 Å². The number of anilines is 2. The predicted molar refractivity (Wildman–Crippen MR) is 100 cm³/mol. The van der Waals surface area contributed by atoms with Gasteiger partial charge in [-0.05, 0) is 24.6 Å². The highest BCUT2D eigenvalue weighted by Gasteiger charge is 2.34. The van der Waals surface area contributed by atoms with Crippen LogP contribution in [-0.2, 0) is 21.0 Å². The average molecular weight is 431 g/mol. The Morgan fingerprint density at radius 1 is 1.21 bits per heavy atom. The number of alkyl halides is 3. The summed E-state index contributed by atoms with van der Waals surface area (Å²) in [6.07, 6.45) is -3.95. The molecule has 0 saturated heterocycles. The number of halogens is 3. The molecule has 0 radical (unpaired) electrons. The van der Waals surface area contributed by atoms with E-state index in [4.69, 9.17) is 0 Å². The molecule has 0 fully saturated rings. The fourth-order valence-electron chi connectivity index (χ4n) is 2.52. The summed E-state index contributed by atoms with van der Waals surface area (Å²) in [5.74, 6) is -1.04. The van der Waals surface area contributed by atoms with Crippen LogP contribution in [0, 0.1) is 17.0 Å². The van der Waals surface area contributed by atoms with Crippen LogP contribution < -0.4 is 9.62 Å². The zero-order chi connectivity index (χ0) is 22.0. The third-order valence-electron chi connectivity index (χ3n) is 3.87. The van der Waals surface area contributed by atoms with Gasteiger partial charge in [0.25, 0.3) is 5.69 Å². The highest BCUT2D eigenvalue weighted by molar-refractivity contribution is 7.92. The molecule has 1 N–H and O–H groups in total. The van der Waals surface area contributed by atoms with Crippen molar-refractivity contribution < 1.29 is 31.3 Å². The molecular formula is C17H16F3N3O5S. The van der Waals surface area contributed by atoms with Crippen LogP contribution in [0.2, 0.25) is 0 Å². The smallest absolute Gasteiger partial charge is 0.324 e. The van der Waals surface area contributed by atoms with Gasteiger partial charge in [0, 0.05) is 12.1 Å². The number of para-hydroxylation sites is 1. The van der Waals surface area contributed by atoms with Crippen LogP contribution in [0.5, 0.6) is 0 Å². The third kappa shape index (κ3) is 5.44. The maximum Gasteiger partial charge on any atom is 0.418 e. The SMILES string of the molecule is Cc1ccc([N+](=O)[O-])cc1N(CC(=O)Nc1ccccc1C(F)(F)F)S(C)(=O)=O. The Kier molecular flexibility index (Phi) is 6.16. The summed E-state index contributed by atoms with van der Waals surface area (Å²) >= 11 is 0. The number of nitrogens with zero attached hydrogens (tertiary/aromatic N) is 2. The van der Waals surface area contributed by atoms with Gasteiger partial charge in [-0.3, -0.25) is 19.2 Å². The number of nitrogens with one attached hydrogen (secondary N) is 1. The normalized spacial score (nSPS) is 11.8. The quantitative estimate of drug-likeness (QED) is 0.557. The van der Waals surface area contributed by atoms with Crippen LogP contribution in [-0.4, -0.2) is 32.0 Å². The van der Waals surface area contributed by atoms with Gasteiger partial charge in [0.15, 0.2) is 0 Å². The molecule has 2 rings (SSSR count). The lowest BCUT2D eigenvalue weighted by atomic mass is 10.1. The second kappa shape index (κ2) is 8.07. The van der Waals surface area contributed by atoms with Crippen LogP contribution in [0.3, 0.4) is 0 Å². The van der Waals surface area contributed by atoms with E-state index in [1.807, 2.05) is 5.32 Å². The molecule has 0 aliphatic rings. The molecule has 1 amide bonds. The minimum atomic E-state index is -4.73. The number of carbonyl (C=O) groups is 1. The van der Waals surface area contributed by atoms with Crippen molar-refractivity contribution in [2.45, 2.75) is 13.1 Å². The van der Waals surface area contributed by atoms with E-state index in [1.54, 1.807) is 0 Å². The number of sulfonamides is 1. The van der Waals surface area contributed by atoms with Crippen LogP contribution in [0.25, 0.3) is 0 Å². The van der Waals surface area contributed by atoms with Gasteiger partial charge < -0.3 is 5.32 Å². The largest absolute Gasteiger partial charge is 0.418 e. The molecule has 0 saturated carbocycles. The summed E-state index contributed by atoms with van der Waals surface area (Å²) in [6.45, 7) is 0.612. The van der Waals surface area contributed by atoms with Gasteiger partial charge in [0.1, 0.15) is 6.54 Å². The number of benzene rings is 2. The highest BCUT2D eigenvalue weighted by atomic mass is 32.2. The van der Waals surface area contributed by atoms with E-state index in [1.165, 1.54) is 25.1 Å². The number of nitro benzene ring substituents is 1. The van der Waals surface area contributed by atoms with E-state index in [0.29, 0.717) is 9.87 Å². The van der Waals surface area contributed by atoms with Crippen LogP contribution >= 0.6 is 0 Å². The first-order chi connectivity index (χ1) is 13.3. The Bertz CT molecular complexity index is 1050. The van der Waals surface area contributed by atoms with Crippen LogP contribution in [0.4, 0.5) is 30.2 Å². The number of rotatable bonds is 6. The van der Waals surface area contributed by atoms with Crippen LogP contribution in [0.15, 0.2) is 42.5 Å².